The number of para-hydroxylation sites is 1. The first-order valence-electron chi connectivity index (χ1n) is 4.74. The Bertz CT molecular complexity index is 706. The van der Waals surface area contributed by atoms with Gasteiger partial charge in [0.05, 0.1) is 6.26 Å². The molecule has 0 fully saturated rings. The van der Waals surface area contributed by atoms with E-state index in [0.29, 0.717) is 5.52 Å². The molecule has 3 heteroatoms. The molecule has 0 N–H and O–H groups in total. The maximum Gasteiger partial charge on any atom is 0.360 e. The molecule has 2 heterocycles. The van der Waals surface area contributed by atoms with E-state index in [1.165, 1.54) is 6.26 Å². The highest BCUT2D eigenvalue weighted by molar-refractivity contribution is 6.07. The highest BCUT2D eigenvalue weighted by Gasteiger charge is 2.10. The zero-order valence-electron chi connectivity index (χ0n) is 8.23. The molecule has 0 saturated carbocycles. The maximum absolute atomic E-state index is 11.6. The van der Waals surface area contributed by atoms with Crippen molar-refractivity contribution in [3.05, 3.63) is 47.0 Å². The zero-order valence-corrected chi connectivity index (χ0v) is 8.23. The molecule has 2 aromatic heterocycles. The Morgan fingerprint density at radius 3 is 2.80 bits per heavy atom. The quantitative estimate of drug-likeness (QED) is 0.556. The van der Waals surface area contributed by atoms with Gasteiger partial charge in [-0.05, 0) is 12.1 Å². The molecule has 3 aromatic rings. The molecule has 0 saturated heterocycles. The van der Waals surface area contributed by atoms with E-state index >= 15 is 0 Å². The lowest BCUT2D eigenvalue weighted by Gasteiger charge is -1.94. The third-order valence-electron chi connectivity index (χ3n) is 2.75. The second kappa shape index (κ2) is 2.73. The number of benzene rings is 1. The smallest absolute Gasteiger partial charge is 0.360 e. The predicted molar refractivity (Wildman–Crippen MR) is 59.0 cm³/mol. The van der Waals surface area contributed by atoms with E-state index in [2.05, 4.69) is 0 Å². The Labute approximate surface area is 85.5 Å². The van der Waals surface area contributed by atoms with Crippen molar-refractivity contribution in [3.8, 4) is 0 Å². The van der Waals surface area contributed by atoms with Crippen LogP contribution < -0.4 is 5.63 Å². The van der Waals surface area contributed by atoms with Gasteiger partial charge in [-0.2, -0.15) is 0 Å². The summed E-state index contributed by atoms with van der Waals surface area (Å²) in [6.45, 7) is 0. The van der Waals surface area contributed by atoms with Crippen LogP contribution in [0.25, 0.3) is 21.8 Å². The fourth-order valence-electron chi connectivity index (χ4n) is 2.06. The van der Waals surface area contributed by atoms with Gasteiger partial charge < -0.3 is 8.98 Å². The lowest BCUT2D eigenvalue weighted by Crippen LogP contribution is -2.02. The van der Waals surface area contributed by atoms with Gasteiger partial charge in [0.2, 0.25) is 0 Å². The van der Waals surface area contributed by atoms with Gasteiger partial charge in [-0.1, -0.05) is 18.2 Å². The lowest BCUT2D eigenvalue weighted by molar-refractivity contribution is 0.516. The van der Waals surface area contributed by atoms with Crippen molar-refractivity contribution in [3.63, 3.8) is 0 Å². The Morgan fingerprint density at radius 2 is 1.93 bits per heavy atom. The second-order valence-corrected chi connectivity index (χ2v) is 3.55. The monoisotopic (exact) mass is 199 g/mol. The van der Waals surface area contributed by atoms with E-state index in [-0.39, 0.29) is 5.63 Å². The molecule has 0 radical (unpaired) electrons. The number of fused-ring (bicyclic) bond motifs is 3. The van der Waals surface area contributed by atoms with E-state index in [1.807, 2.05) is 41.9 Å². The number of aromatic nitrogens is 1. The van der Waals surface area contributed by atoms with E-state index in [1.54, 1.807) is 0 Å². The minimum Gasteiger partial charge on any atom is -0.430 e. The van der Waals surface area contributed by atoms with E-state index in [9.17, 15) is 4.79 Å². The van der Waals surface area contributed by atoms with Crippen LogP contribution in [0.5, 0.6) is 0 Å². The van der Waals surface area contributed by atoms with Crippen LogP contribution in [0, 0.1) is 0 Å². The van der Waals surface area contributed by atoms with Gasteiger partial charge >= 0.3 is 5.63 Å². The van der Waals surface area contributed by atoms with Gasteiger partial charge in [0.15, 0.2) is 0 Å². The first-order chi connectivity index (χ1) is 7.29. The average Bonchev–Trinajstić information content (AvgIpc) is 2.55. The fourth-order valence-corrected chi connectivity index (χ4v) is 2.06. The van der Waals surface area contributed by atoms with E-state index < -0.39 is 0 Å². The molecule has 0 aliphatic rings. The molecule has 1 aromatic carbocycles. The molecule has 74 valence electrons. The average molecular weight is 199 g/mol. The summed E-state index contributed by atoms with van der Waals surface area (Å²) in [7, 11) is 1.88. The highest BCUT2D eigenvalue weighted by Crippen LogP contribution is 2.25. The van der Waals surface area contributed by atoms with Crippen LogP contribution >= 0.6 is 0 Å². The summed E-state index contributed by atoms with van der Waals surface area (Å²) < 4.78 is 6.75. The predicted octanol–water partition coefficient (Wildman–Crippen LogP) is 2.28. The topological polar surface area (TPSA) is 35.1 Å². The standard InChI is InChI=1S/C12H9NO2/c1-13-10-5-3-2-4-8(10)9-6-7-15-12(14)11(9)13/h2-7H,1H3. The summed E-state index contributed by atoms with van der Waals surface area (Å²) in [6, 6.07) is 9.77. The number of aryl methyl sites for hydroxylation is 1. The SMILES string of the molecule is Cn1c2ccccc2c2ccoc(=O)c21. The summed E-state index contributed by atoms with van der Waals surface area (Å²) in [5, 5.41) is 2.03. The van der Waals surface area contributed by atoms with Crippen molar-refractivity contribution in [2.75, 3.05) is 0 Å². The van der Waals surface area contributed by atoms with Crippen LogP contribution in [0.15, 0.2) is 45.8 Å². The molecule has 0 unspecified atom stereocenters. The van der Waals surface area contributed by atoms with Gasteiger partial charge in [-0.25, -0.2) is 4.79 Å². The normalized spacial score (nSPS) is 11.3. The van der Waals surface area contributed by atoms with Crippen molar-refractivity contribution >= 4 is 21.8 Å². The van der Waals surface area contributed by atoms with Crippen molar-refractivity contribution in [2.45, 2.75) is 0 Å². The van der Waals surface area contributed by atoms with E-state index in [4.69, 9.17) is 4.42 Å². The largest absolute Gasteiger partial charge is 0.430 e. The third kappa shape index (κ3) is 0.973. The Balaban J connectivity index is 2.76. The van der Waals surface area contributed by atoms with Crippen LogP contribution in [0.1, 0.15) is 0 Å². The van der Waals surface area contributed by atoms with Gasteiger partial charge in [0, 0.05) is 23.3 Å². The van der Waals surface area contributed by atoms with Gasteiger partial charge in [0.25, 0.3) is 0 Å². The Kier molecular flexibility index (Phi) is 1.51. The van der Waals surface area contributed by atoms with Crippen LogP contribution in [0.4, 0.5) is 0 Å². The lowest BCUT2D eigenvalue weighted by atomic mass is 10.2. The molecule has 3 nitrogen and oxygen atoms in total. The molecule has 0 bridgehead atoms. The molecule has 3 rings (SSSR count). The summed E-state index contributed by atoms with van der Waals surface area (Å²) in [6.07, 6.45) is 1.44. The van der Waals surface area contributed by atoms with Crippen molar-refractivity contribution < 1.29 is 4.42 Å². The Morgan fingerprint density at radius 1 is 1.13 bits per heavy atom. The van der Waals surface area contributed by atoms with Crippen LogP contribution in [-0.2, 0) is 7.05 Å². The minimum absolute atomic E-state index is 0.286. The first-order valence-corrected chi connectivity index (χ1v) is 4.74. The molecule has 0 spiro atoms. The minimum atomic E-state index is -0.286. The van der Waals surface area contributed by atoms with Crippen LogP contribution in [0.3, 0.4) is 0 Å². The van der Waals surface area contributed by atoms with Crippen molar-refractivity contribution in [1.29, 1.82) is 0 Å². The molecule has 0 amide bonds. The first kappa shape index (κ1) is 8.29. The molecule has 0 atom stereocenters. The number of hydrogen-bond acceptors (Lipinski definition) is 2. The maximum atomic E-state index is 11.6. The summed E-state index contributed by atoms with van der Waals surface area (Å²) in [4.78, 5) is 11.6. The van der Waals surface area contributed by atoms with E-state index in [0.717, 1.165) is 16.3 Å². The fraction of sp³-hybridized carbons (Fsp3) is 0.0833. The number of hydrogen-bond donors (Lipinski definition) is 0. The highest BCUT2D eigenvalue weighted by atomic mass is 16.4. The van der Waals surface area contributed by atoms with Crippen molar-refractivity contribution in [1.82, 2.24) is 4.57 Å². The molecular weight excluding hydrogens is 190 g/mol. The zero-order chi connectivity index (χ0) is 10.4. The van der Waals surface area contributed by atoms with Gasteiger partial charge in [-0.3, -0.25) is 0 Å². The molecular formula is C12H9NO2. The molecule has 0 aliphatic heterocycles. The van der Waals surface area contributed by atoms with Gasteiger partial charge in [-0.15, -0.1) is 0 Å². The second-order valence-electron chi connectivity index (χ2n) is 3.55. The summed E-state index contributed by atoms with van der Waals surface area (Å²) >= 11 is 0. The molecule has 0 aliphatic carbocycles. The van der Waals surface area contributed by atoms with Crippen LogP contribution in [0.2, 0.25) is 0 Å². The Hall–Kier alpha value is -2.03. The third-order valence-corrected chi connectivity index (χ3v) is 2.75. The number of rotatable bonds is 0. The van der Waals surface area contributed by atoms with Gasteiger partial charge in [0.1, 0.15) is 5.52 Å². The summed E-state index contributed by atoms with van der Waals surface area (Å²) in [5.41, 5.74) is 1.39. The summed E-state index contributed by atoms with van der Waals surface area (Å²) in [5.74, 6) is 0. The van der Waals surface area contributed by atoms with Crippen molar-refractivity contribution in [2.24, 2.45) is 7.05 Å². The number of nitrogens with zero attached hydrogens (tertiary/aromatic N) is 1. The van der Waals surface area contributed by atoms with Crippen LogP contribution in [-0.4, -0.2) is 4.57 Å². The molecule has 15 heavy (non-hydrogen) atoms.